The maximum absolute atomic E-state index is 11.7. The molecule has 11 heteroatoms. The fourth-order valence-corrected chi connectivity index (χ4v) is 6.84. The lowest BCUT2D eigenvalue weighted by Gasteiger charge is -2.37. The van der Waals surface area contributed by atoms with E-state index in [-0.39, 0.29) is 0 Å². The molecule has 11 nitrogen and oxygen atoms in total. The number of methoxy groups -OCH3 is 1. The molecule has 2 aliphatic rings. The summed E-state index contributed by atoms with van der Waals surface area (Å²) in [5.74, 6) is 1.55. The molecule has 1 fully saturated rings. The van der Waals surface area contributed by atoms with Crippen molar-refractivity contribution >= 4 is 45.8 Å². The molecule has 47 heavy (non-hydrogen) atoms. The third-order valence-electron chi connectivity index (χ3n) is 9.50. The lowest BCUT2D eigenvalue weighted by Crippen LogP contribution is -2.40. The largest absolute Gasteiger partial charge is 0.464 e. The molecule has 2 aliphatic heterocycles. The number of ether oxygens (including phenoxy) is 1. The maximum atomic E-state index is 11.7. The second-order valence-corrected chi connectivity index (χ2v) is 12.7. The normalized spacial score (nSPS) is 15.4. The van der Waals surface area contributed by atoms with Gasteiger partial charge in [-0.15, -0.1) is 0 Å². The molecule has 242 valence electrons. The third-order valence-corrected chi connectivity index (χ3v) is 9.50. The average Bonchev–Trinajstić information content (AvgIpc) is 3.40. The number of nitrogens with zero attached hydrogens (tertiary/aromatic N) is 7. The summed E-state index contributed by atoms with van der Waals surface area (Å²) in [6.45, 7) is 9.30. The summed E-state index contributed by atoms with van der Waals surface area (Å²) in [4.78, 5) is 30.4. The number of aryl methyl sites for hydroxylation is 3. The van der Waals surface area contributed by atoms with Crippen molar-refractivity contribution in [2.75, 3.05) is 48.8 Å². The van der Waals surface area contributed by atoms with Gasteiger partial charge in [0.05, 0.1) is 24.4 Å². The lowest BCUT2D eigenvalue weighted by atomic mass is 9.93. The molecule has 0 unspecified atom stereocenters. The van der Waals surface area contributed by atoms with Gasteiger partial charge >= 0.3 is 5.97 Å². The van der Waals surface area contributed by atoms with E-state index in [4.69, 9.17) is 14.8 Å². The van der Waals surface area contributed by atoms with Crippen molar-refractivity contribution in [3.63, 3.8) is 0 Å². The Hall–Kier alpha value is -5.03. The number of aromatic nitrogens is 5. The first-order valence-electron chi connectivity index (χ1n) is 16.3. The van der Waals surface area contributed by atoms with Crippen LogP contribution in [0.1, 0.15) is 45.6 Å². The molecular weight excluding hydrogens is 590 g/mol. The van der Waals surface area contributed by atoms with Crippen LogP contribution in [0.25, 0.3) is 11.0 Å². The lowest BCUT2D eigenvalue weighted by molar-refractivity contribution is 0.0594. The van der Waals surface area contributed by atoms with Gasteiger partial charge in [0.15, 0.2) is 11.5 Å². The summed E-state index contributed by atoms with van der Waals surface area (Å²) >= 11 is 0. The highest BCUT2D eigenvalue weighted by Gasteiger charge is 2.25. The maximum Gasteiger partial charge on any atom is 0.356 e. The van der Waals surface area contributed by atoms with Crippen LogP contribution in [0.3, 0.4) is 0 Å². The van der Waals surface area contributed by atoms with Crippen LogP contribution in [0, 0.1) is 19.8 Å². The van der Waals surface area contributed by atoms with E-state index in [1.807, 2.05) is 19.3 Å². The van der Waals surface area contributed by atoms with Gasteiger partial charge < -0.3 is 20.3 Å². The second-order valence-electron chi connectivity index (χ2n) is 12.7. The van der Waals surface area contributed by atoms with Crippen LogP contribution in [0.15, 0.2) is 60.9 Å². The Kier molecular flexibility index (Phi) is 8.46. The molecule has 2 aromatic carbocycles. The van der Waals surface area contributed by atoms with Crippen molar-refractivity contribution in [3.8, 4) is 0 Å². The summed E-state index contributed by atoms with van der Waals surface area (Å²) in [5.41, 5.74) is 9.31. The van der Waals surface area contributed by atoms with Gasteiger partial charge in [0.25, 0.3) is 0 Å². The minimum atomic E-state index is -0.406. The van der Waals surface area contributed by atoms with Gasteiger partial charge in [0.1, 0.15) is 5.69 Å². The van der Waals surface area contributed by atoms with Crippen LogP contribution >= 0.6 is 0 Å². The van der Waals surface area contributed by atoms with E-state index in [9.17, 15) is 4.79 Å². The van der Waals surface area contributed by atoms with Crippen LogP contribution in [-0.4, -0.2) is 68.9 Å². The number of hydrogen-bond acceptors (Lipinski definition) is 10. The van der Waals surface area contributed by atoms with Crippen LogP contribution in [0.2, 0.25) is 0 Å². The van der Waals surface area contributed by atoms with Gasteiger partial charge in [0, 0.05) is 57.3 Å². The van der Waals surface area contributed by atoms with Crippen LogP contribution in [0.4, 0.5) is 28.8 Å². The first kappa shape index (κ1) is 30.6. The van der Waals surface area contributed by atoms with Crippen LogP contribution in [0.5, 0.6) is 0 Å². The molecule has 5 aromatic rings. The minimum absolute atomic E-state index is 0.340. The number of esters is 1. The van der Waals surface area contributed by atoms with Crippen molar-refractivity contribution in [1.29, 1.82) is 0 Å². The van der Waals surface area contributed by atoms with Crippen molar-refractivity contribution in [3.05, 3.63) is 88.9 Å². The van der Waals surface area contributed by atoms with Gasteiger partial charge in [0.2, 0.25) is 5.95 Å². The molecule has 1 saturated heterocycles. The highest BCUT2D eigenvalue weighted by atomic mass is 16.5. The highest BCUT2D eigenvalue weighted by Crippen LogP contribution is 2.30. The van der Waals surface area contributed by atoms with Gasteiger partial charge in [-0.25, -0.2) is 19.4 Å². The molecule has 0 saturated carbocycles. The summed E-state index contributed by atoms with van der Waals surface area (Å²) in [6.07, 6.45) is 6.95. The average molecular weight is 632 g/mol. The highest BCUT2D eigenvalue weighted by molar-refractivity contribution is 5.90. The van der Waals surface area contributed by atoms with Gasteiger partial charge in [-0.2, -0.15) is 10.1 Å². The number of carbonyl (C=O) groups excluding carboxylic acids is 1. The van der Waals surface area contributed by atoms with E-state index in [1.165, 1.54) is 18.2 Å². The number of para-hydroxylation sites is 1. The Morgan fingerprint density at radius 3 is 2.51 bits per heavy atom. The Morgan fingerprint density at radius 1 is 0.957 bits per heavy atom. The molecule has 2 N–H and O–H groups in total. The number of piperidine rings is 1. The monoisotopic (exact) mass is 631 g/mol. The zero-order valence-electron chi connectivity index (χ0n) is 27.5. The number of rotatable bonds is 8. The van der Waals surface area contributed by atoms with E-state index in [0.29, 0.717) is 17.6 Å². The van der Waals surface area contributed by atoms with Crippen molar-refractivity contribution in [1.82, 2.24) is 29.6 Å². The third kappa shape index (κ3) is 6.48. The predicted octanol–water partition coefficient (Wildman–Crippen LogP) is 5.92. The van der Waals surface area contributed by atoms with Gasteiger partial charge in [-0.3, -0.25) is 4.90 Å². The summed E-state index contributed by atoms with van der Waals surface area (Å²) < 4.78 is 6.57. The quantitative estimate of drug-likeness (QED) is 0.200. The molecular formula is C36H41N9O2. The molecule has 3 aromatic heterocycles. The van der Waals surface area contributed by atoms with E-state index < -0.39 is 5.97 Å². The van der Waals surface area contributed by atoms with Gasteiger partial charge in [-0.1, -0.05) is 24.3 Å². The number of fused-ring (bicyclic) bond motifs is 2. The first-order valence-corrected chi connectivity index (χ1v) is 16.3. The summed E-state index contributed by atoms with van der Waals surface area (Å²) in [6, 6.07) is 16.6. The van der Waals surface area contributed by atoms with E-state index in [0.717, 1.165) is 97.0 Å². The number of hydrogen-bond donors (Lipinski definition) is 2. The second kappa shape index (κ2) is 13.0. The van der Waals surface area contributed by atoms with E-state index in [2.05, 4.69) is 80.6 Å². The zero-order chi connectivity index (χ0) is 32.5. The Bertz CT molecular complexity index is 1890. The molecule has 5 heterocycles. The number of pyridine rings is 1. The fourth-order valence-electron chi connectivity index (χ4n) is 6.84. The molecule has 0 atom stereocenters. The molecule has 0 amide bonds. The Morgan fingerprint density at radius 2 is 1.77 bits per heavy atom. The van der Waals surface area contributed by atoms with Crippen LogP contribution < -0.4 is 15.5 Å². The zero-order valence-corrected chi connectivity index (χ0v) is 27.5. The molecule has 0 aliphatic carbocycles. The number of nitrogens with one attached hydrogen (secondary N) is 2. The SMILES string of the molecule is COC(=O)c1ccc(N2CCC(CN3CCc4ccc(Nc5ncc6c(Nc7c(C)cccc7C)nn(C)c6n5)cc4C3)CC2)cn1. The van der Waals surface area contributed by atoms with E-state index >= 15 is 0 Å². The topological polar surface area (TPSA) is 113 Å². The first-order chi connectivity index (χ1) is 22.8. The molecule has 7 rings (SSSR count). The van der Waals surface area contributed by atoms with Crippen molar-refractivity contribution in [2.45, 2.75) is 39.7 Å². The Balaban J connectivity index is 0.970. The van der Waals surface area contributed by atoms with Gasteiger partial charge in [-0.05, 0) is 85.5 Å². The molecule has 0 radical (unpaired) electrons. The molecule has 0 spiro atoms. The summed E-state index contributed by atoms with van der Waals surface area (Å²) in [7, 11) is 3.28. The van der Waals surface area contributed by atoms with Crippen molar-refractivity contribution < 1.29 is 9.53 Å². The minimum Gasteiger partial charge on any atom is -0.464 e. The standard InChI is InChI=1S/C36H41N9O2/c1-23-6-5-7-24(2)32(23)40-33-30-20-38-36(41-34(30)43(3)42-33)39-28-9-8-26-14-15-44(22-27(26)18-28)21-25-12-16-45(17-13-25)29-10-11-31(37-19-29)35(46)47-4/h5-11,18-20,25H,12-17,21-22H2,1-4H3,(H,40,42)(H,38,39,41). The fraction of sp³-hybridized carbons (Fsp3) is 0.361. The van der Waals surface area contributed by atoms with Crippen molar-refractivity contribution in [2.24, 2.45) is 13.0 Å². The van der Waals surface area contributed by atoms with Crippen LogP contribution in [-0.2, 0) is 24.8 Å². The Labute approximate surface area is 275 Å². The molecule has 0 bridgehead atoms. The number of carbonyl (C=O) groups is 1. The summed E-state index contributed by atoms with van der Waals surface area (Å²) in [5, 5.41) is 12.5. The number of anilines is 5. The smallest absolute Gasteiger partial charge is 0.356 e. The predicted molar refractivity (Wildman–Crippen MR) is 185 cm³/mol. The van der Waals surface area contributed by atoms with E-state index in [1.54, 1.807) is 16.9 Å². The number of benzene rings is 2.